The fourth-order valence-electron chi connectivity index (χ4n) is 2.36. The van der Waals surface area contributed by atoms with Gasteiger partial charge in [-0.15, -0.1) is 0 Å². The van der Waals surface area contributed by atoms with Crippen molar-refractivity contribution in [3.8, 4) is 0 Å². The van der Waals surface area contributed by atoms with Gasteiger partial charge in [-0.05, 0) is 24.1 Å². The number of hydrogen-bond acceptors (Lipinski definition) is 2. The van der Waals surface area contributed by atoms with Crippen molar-refractivity contribution in [2.45, 2.75) is 32.7 Å². The lowest BCUT2D eigenvalue weighted by Crippen LogP contribution is -2.48. The molecule has 21 heavy (non-hydrogen) atoms. The van der Waals surface area contributed by atoms with E-state index in [2.05, 4.69) is 5.32 Å². The zero-order valence-corrected chi connectivity index (χ0v) is 12.8. The summed E-state index contributed by atoms with van der Waals surface area (Å²) in [7, 11) is 0. The van der Waals surface area contributed by atoms with Crippen LogP contribution in [0.15, 0.2) is 18.2 Å². The average Bonchev–Trinajstić information content (AvgIpc) is 2.59. The van der Waals surface area contributed by atoms with Crippen molar-refractivity contribution in [1.29, 1.82) is 0 Å². The normalized spacial score (nSPS) is 21.0. The van der Waals surface area contributed by atoms with Crippen molar-refractivity contribution < 1.29 is 14.0 Å². The van der Waals surface area contributed by atoms with Crippen LogP contribution >= 0.6 is 11.6 Å². The third-order valence-electron chi connectivity index (χ3n) is 3.82. The van der Waals surface area contributed by atoms with Gasteiger partial charge in [0.05, 0.1) is 10.7 Å². The van der Waals surface area contributed by atoms with Crippen LogP contribution in [0.5, 0.6) is 0 Å². The predicted octanol–water partition coefficient (Wildman–Crippen LogP) is 2.75. The van der Waals surface area contributed by atoms with Crippen molar-refractivity contribution in [3.63, 3.8) is 0 Å². The maximum Gasteiger partial charge on any atom is 0.249 e. The highest BCUT2D eigenvalue weighted by atomic mass is 35.5. The van der Waals surface area contributed by atoms with Gasteiger partial charge >= 0.3 is 0 Å². The van der Waals surface area contributed by atoms with Gasteiger partial charge < -0.3 is 10.2 Å². The fourth-order valence-corrected chi connectivity index (χ4v) is 2.63. The predicted molar refractivity (Wildman–Crippen MR) is 79.8 cm³/mol. The zero-order valence-electron chi connectivity index (χ0n) is 12.0. The molecule has 1 fully saturated rings. The third kappa shape index (κ3) is 3.35. The minimum atomic E-state index is -0.578. The molecule has 1 aliphatic rings. The molecule has 4 nitrogen and oxygen atoms in total. The number of nitrogens with one attached hydrogen (secondary N) is 1. The van der Waals surface area contributed by atoms with Crippen LogP contribution < -0.4 is 10.2 Å². The second kappa shape index (κ2) is 6.43. The Bertz CT molecular complexity index is 565. The van der Waals surface area contributed by atoms with E-state index in [1.807, 2.05) is 13.8 Å². The molecule has 0 aromatic heterocycles. The Balaban J connectivity index is 2.37. The number of halogens is 2. The van der Waals surface area contributed by atoms with Gasteiger partial charge in [-0.1, -0.05) is 31.9 Å². The first kappa shape index (κ1) is 15.8. The fraction of sp³-hybridized carbons (Fsp3) is 0.467. The summed E-state index contributed by atoms with van der Waals surface area (Å²) in [5.41, 5.74) is 0.438. The molecule has 0 radical (unpaired) electrons. The van der Waals surface area contributed by atoms with Crippen molar-refractivity contribution in [1.82, 2.24) is 5.32 Å². The molecule has 0 saturated carbocycles. The largest absolute Gasteiger partial charge is 0.344 e. The molecule has 2 rings (SSSR count). The Morgan fingerprint density at radius 3 is 2.81 bits per heavy atom. The molecule has 0 aliphatic carbocycles. The van der Waals surface area contributed by atoms with Crippen LogP contribution in [0.1, 0.15) is 26.7 Å². The summed E-state index contributed by atoms with van der Waals surface area (Å²) in [6.07, 6.45) is 0.966. The van der Waals surface area contributed by atoms with Crippen LogP contribution in [0, 0.1) is 11.7 Å². The van der Waals surface area contributed by atoms with Crippen LogP contribution in [0.25, 0.3) is 0 Å². The molecule has 1 heterocycles. The Labute approximate surface area is 128 Å². The molecule has 2 unspecified atom stereocenters. The maximum atomic E-state index is 13.2. The highest BCUT2D eigenvalue weighted by molar-refractivity contribution is 6.34. The standard InChI is InChI=1S/C15H18ClFN2O2/c1-3-9(2)14-15(21)19(7-6-13(20)18-14)12-5-4-10(17)8-11(12)16/h4-5,8-9,14H,3,6-7H2,1-2H3,(H,18,20). The lowest BCUT2D eigenvalue weighted by atomic mass is 9.98. The lowest BCUT2D eigenvalue weighted by molar-refractivity contribution is -0.126. The molecule has 6 heteroatoms. The Morgan fingerprint density at radius 1 is 1.48 bits per heavy atom. The quantitative estimate of drug-likeness (QED) is 0.933. The van der Waals surface area contributed by atoms with E-state index < -0.39 is 11.9 Å². The molecule has 0 spiro atoms. The van der Waals surface area contributed by atoms with Crippen molar-refractivity contribution in [2.75, 3.05) is 11.4 Å². The third-order valence-corrected chi connectivity index (χ3v) is 4.13. The lowest BCUT2D eigenvalue weighted by Gasteiger charge is -2.27. The average molecular weight is 313 g/mol. The molecule has 0 bridgehead atoms. The summed E-state index contributed by atoms with van der Waals surface area (Å²) in [6.45, 7) is 4.12. The van der Waals surface area contributed by atoms with E-state index in [1.54, 1.807) is 0 Å². The number of nitrogens with zero attached hydrogens (tertiary/aromatic N) is 1. The minimum absolute atomic E-state index is 0.0151. The Kier molecular flexibility index (Phi) is 4.83. The first-order valence-electron chi connectivity index (χ1n) is 6.99. The SMILES string of the molecule is CCC(C)C1NC(=O)CCN(c2ccc(F)cc2Cl)C1=O. The smallest absolute Gasteiger partial charge is 0.249 e. The van der Waals surface area contributed by atoms with Gasteiger partial charge in [-0.3, -0.25) is 9.59 Å². The summed E-state index contributed by atoms with van der Waals surface area (Å²) in [5, 5.41) is 2.93. The van der Waals surface area contributed by atoms with Crippen molar-refractivity contribution in [2.24, 2.45) is 5.92 Å². The van der Waals surface area contributed by atoms with Gasteiger partial charge in [-0.25, -0.2) is 4.39 Å². The Morgan fingerprint density at radius 2 is 2.19 bits per heavy atom. The van der Waals surface area contributed by atoms with Gasteiger partial charge in [0.25, 0.3) is 0 Å². The van der Waals surface area contributed by atoms with E-state index in [0.717, 1.165) is 6.42 Å². The molecular weight excluding hydrogens is 295 g/mol. The molecule has 2 amide bonds. The first-order chi connectivity index (χ1) is 9.93. The van der Waals surface area contributed by atoms with Gasteiger partial charge in [0, 0.05) is 13.0 Å². The summed E-state index contributed by atoms with van der Waals surface area (Å²) >= 11 is 6.04. The van der Waals surface area contributed by atoms with Crippen LogP contribution in [-0.4, -0.2) is 24.4 Å². The van der Waals surface area contributed by atoms with E-state index in [4.69, 9.17) is 11.6 Å². The molecule has 1 aromatic carbocycles. The second-order valence-corrected chi connectivity index (χ2v) is 5.67. The number of benzene rings is 1. The zero-order chi connectivity index (χ0) is 15.6. The molecule has 1 saturated heterocycles. The summed E-state index contributed by atoms with van der Waals surface area (Å²) in [6, 6.07) is 3.32. The molecular formula is C15H18ClFN2O2. The van der Waals surface area contributed by atoms with E-state index in [0.29, 0.717) is 5.69 Å². The van der Waals surface area contributed by atoms with Gasteiger partial charge in [0.1, 0.15) is 11.9 Å². The highest BCUT2D eigenvalue weighted by Gasteiger charge is 2.34. The summed E-state index contributed by atoms with van der Waals surface area (Å²) in [4.78, 5) is 25.9. The number of carbonyl (C=O) groups is 2. The molecule has 2 atom stereocenters. The van der Waals surface area contributed by atoms with Crippen LogP contribution in [0.3, 0.4) is 0 Å². The van der Waals surface area contributed by atoms with Crippen LogP contribution in [0.4, 0.5) is 10.1 Å². The second-order valence-electron chi connectivity index (χ2n) is 5.27. The van der Waals surface area contributed by atoms with Gasteiger partial charge in [0.15, 0.2) is 0 Å². The number of rotatable bonds is 3. The van der Waals surface area contributed by atoms with Crippen molar-refractivity contribution >= 4 is 29.1 Å². The summed E-state index contributed by atoms with van der Waals surface area (Å²) in [5.74, 6) is -0.807. The van der Waals surface area contributed by atoms with E-state index in [1.165, 1.54) is 23.1 Å². The number of anilines is 1. The first-order valence-corrected chi connectivity index (χ1v) is 7.37. The molecule has 1 aliphatic heterocycles. The van der Waals surface area contributed by atoms with Gasteiger partial charge in [0.2, 0.25) is 11.8 Å². The topological polar surface area (TPSA) is 49.4 Å². The van der Waals surface area contributed by atoms with Crippen molar-refractivity contribution in [3.05, 3.63) is 29.0 Å². The van der Waals surface area contributed by atoms with Gasteiger partial charge in [-0.2, -0.15) is 0 Å². The summed E-state index contributed by atoms with van der Waals surface area (Å²) < 4.78 is 13.2. The van der Waals surface area contributed by atoms with E-state index in [-0.39, 0.29) is 35.7 Å². The maximum absolute atomic E-state index is 13.2. The monoisotopic (exact) mass is 312 g/mol. The number of amides is 2. The van der Waals surface area contributed by atoms with Crippen LogP contribution in [-0.2, 0) is 9.59 Å². The molecule has 1 N–H and O–H groups in total. The number of carbonyl (C=O) groups excluding carboxylic acids is 2. The van der Waals surface area contributed by atoms with Crippen LogP contribution in [0.2, 0.25) is 5.02 Å². The molecule has 114 valence electrons. The minimum Gasteiger partial charge on any atom is -0.344 e. The number of hydrogen-bond donors (Lipinski definition) is 1. The molecule has 1 aromatic rings. The Hall–Kier alpha value is -1.62. The van der Waals surface area contributed by atoms with E-state index >= 15 is 0 Å². The highest BCUT2D eigenvalue weighted by Crippen LogP contribution is 2.29. The van der Waals surface area contributed by atoms with E-state index in [9.17, 15) is 14.0 Å².